The van der Waals surface area contributed by atoms with Gasteiger partial charge in [-0.25, -0.2) is 9.97 Å². The van der Waals surface area contributed by atoms with Gasteiger partial charge in [0, 0.05) is 31.7 Å². The van der Waals surface area contributed by atoms with Crippen LogP contribution in [0.25, 0.3) is 0 Å². The normalized spacial score (nSPS) is 16.4. The third-order valence-corrected chi connectivity index (χ3v) is 3.32. The van der Waals surface area contributed by atoms with E-state index in [2.05, 4.69) is 19.4 Å². The molecule has 1 aliphatic heterocycles. The zero-order chi connectivity index (χ0) is 12.5. The molecular formula is C13H16N4O. The van der Waals surface area contributed by atoms with Gasteiger partial charge in [0.2, 0.25) is 0 Å². The number of aromatic nitrogens is 3. The highest BCUT2D eigenvalue weighted by Gasteiger charge is 2.18. The molecule has 5 nitrogen and oxygen atoms in total. The van der Waals surface area contributed by atoms with Crippen LogP contribution in [0, 0.1) is 0 Å². The van der Waals surface area contributed by atoms with Gasteiger partial charge in [0.15, 0.2) is 0 Å². The summed E-state index contributed by atoms with van der Waals surface area (Å²) in [5, 5.41) is 9.61. The monoisotopic (exact) mass is 244 g/mol. The van der Waals surface area contributed by atoms with Crippen LogP contribution in [0.3, 0.4) is 0 Å². The maximum absolute atomic E-state index is 9.61. The molecule has 3 heterocycles. The van der Waals surface area contributed by atoms with E-state index in [0.29, 0.717) is 0 Å². The summed E-state index contributed by atoms with van der Waals surface area (Å²) in [6.45, 7) is 4.38. The first-order valence-corrected chi connectivity index (χ1v) is 6.13. The second-order valence-corrected chi connectivity index (χ2v) is 4.58. The molecule has 1 N–H and O–H groups in total. The number of imidazole rings is 1. The average Bonchev–Trinajstić information content (AvgIpc) is 2.86. The average molecular weight is 244 g/mol. The highest BCUT2D eigenvalue weighted by molar-refractivity contribution is 5.42. The van der Waals surface area contributed by atoms with Gasteiger partial charge in [0.1, 0.15) is 11.6 Å². The number of aliphatic hydroxyl groups is 1. The Labute approximate surface area is 106 Å². The molecule has 2 aromatic heterocycles. The summed E-state index contributed by atoms with van der Waals surface area (Å²) in [5.41, 5.74) is 0.897. The smallest absolute Gasteiger partial charge is 0.129 e. The SMILES string of the molecule is C[C@H](O)c1ccnc(N2CCn3ccnc3C2)c1. The van der Waals surface area contributed by atoms with Gasteiger partial charge in [-0.1, -0.05) is 0 Å². The van der Waals surface area contributed by atoms with Crippen molar-refractivity contribution in [3.8, 4) is 0 Å². The van der Waals surface area contributed by atoms with Crippen LogP contribution in [-0.4, -0.2) is 26.2 Å². The molecule has 0 aliphatic carbocycles. The number of nitrogens with zero attached hydrogens (tertiary/aromatic N) is 4. The van der Waals surface area contributed by atoms with Crippen LogP contribution in [0.2, 0.25) is 0 Å². The minimum atomic E-state index is -0.460. The lowest BCUT2D eigenvalue weighted by atomic mass is 10.1. The number of fused-ring (bicyclic) bond motifs is 1. The lowest BCUT2D eigenvalue weighted by Gasteiger charge is -2.29. The van der Waals surface area contributed by atoms with E-state index in [1.165, 1.54) is 0 Å². The van der Waals surface area contributed by atoms with Crippen LogP contribution in [0.1, 0.15) is 24.4 Å². The first kappa shape index (κ1) is 11.2. The third kappa shape index (κ3) is 1.97. The summed E-state index contributed by atoms with van der Waals surface area (Å²) in [6.07, 6.45) is 5.13. The van der Waals surface area contributed by atoms with Crippen molar-refractivity contribution in [1.82, 2.24) is 14.5 Å². The molecule has 5 heteroatoms. The number of rotatable bonds is 2. The predicted octanol–water partition coefficient (Wildman–Crippen LogP) is 1.35. The summed E-state index contributed by atoms with van der Waals surface area (Å²) < 4.78 is 2.16. The maximum atomic E-state index is 9.61. The topological polar surface area (TPSA) is 54.2 Å². The molecular weight excluding hydrogens is 228 g/mol. The summed E-state index contributed by atoms with van der Waals surface area (Å²) in [6, 6.07) is 3.79. The second kappa shape index (κ2) is 4.42. The number of anilines is 1. The van der Waals surface area contributed by atoms with Crippen LogP contribution in [-0.2, 0) is 13.1 Å². The molecule has 0 fully saturated rings. The Bertz CT molecular complexity index is 549. The fourth-order valence-electron chi connectivity index (χ4n) is 2.24. The van der Waals surface area contributed by atoms with E-state index < -0.39 is 6.10 Å². The molecule has 1 aliphatic rings. The Morgan fingerprint density at radius 1 is 1.28 bits per heavy atom. The van der Waals surface area contributed by atoms with Crippen LogP contribution in [0.15, 0.2) is 30.7 Å². The number of hydrogen-bond donors (Lipinski definition) is 1. The second-order valence-electron chi connectivity index (χ2n) is 4.58. The van der Waals surface area contributed by atoms with E-state index in [4.69, 9.17) is 0 Å². The zero-order valence-electron chi connectivity index (χ0n) is 10.3. The lowest BCUT2D eigenvalue weighted by molar-refractivity contribution is 0.199. The Hall–Kier alpha value is -1.88. The van der Waals surface area contributed by atoms with Gasteiger partial charge < -0.3 is 14.6 Å². The van der Waals surface area contributed by atoms with Crippen molar-refractivity contribution in [3.05, 3.63) is 42.1 Å². The zero-order valence-corrected chi connectivity index (χ0v) is 10.3. The molecule has 94 valence electrons. The molecule has 0 radical (unpaired) electrons. The molecule has 2 aromatic rings. The summed E-state index contributed by atoms with van der Waals surface area (Å²) in [5.74, 6) is 1.97. The van der Waals surface area contributed by atoms with Crippen molar-refractivity contribution in [3.63, 3.8) is 0 Å². The number of hydrogen-bond acceptors (Lipinski definition) is 4. The van der Waals surface area contributed by atoms with Gasteiger partial charge in [0.25, 0.3) is 0 Å². The van der Waals surface area contributed by atoms with E-state index in [0.717, 1.165) is 36.8 Å². The van der Waals surface area contributed by atoms with Gasteiger partial charge in [-0.15, -0.1) is 0 Å². The van der Waals surface area contributed by atoms with Crippen molar-refractivity contribution < 1.29 is 5.11 Å². The van der Waals surface area contributed by atoms with Gasteiger partial charge in [-0.3, -0.25) is 0 Å². The van der Waals surface area contributed by atoms with Gasteiger partial charge in [-0.05, 0) is 24.6 Å². The first-order valence-electron chi connectivity index (χ1n) is 6.13. The molecule has 0 saturated carbocycles. The maximum Gasteiger partial charge on any atom is 0.129 e. The molecule has 0 aromatic carbocycles. The van der Waals surface area contributed by atoms with Crippen molar-refractivity contribution >= 4 is 5.82 Å². The van der Waals surface area contributed by atoms with Crippen LogP contribution >= 0.6 is 0 Å². The van der Waals surface area contributed by atoms with Gasteiger partial charge >= 0.3 is 0 Å². The van der Waals surface area contributed by atoms with Crippen molar-refractivity contribution in [1.29, 1.82) is 0 Å². The minimum Gasteiger partial charge on any atom is -0.389 e. The van der Waals surface area contributed by atoms with Crippen molar-refractivity contribution in [2.45, 2.75) is 26.1 Å². The van der Waals surface area contributed by atoms with E-state index in [1.807, 2.05) is 24.5 Å². The fraction of sp³-hybridized carbons (Fsp3) is 0.385. The summed E-state index contributed by atoms with van der Waals surface area (Å²) >= 11 is 0. The van der Waals surface area contributed by atoms with Crippen molar-refractivity contribution in [2.75, 3.05) is 11.4 Å². The predicted molar refractivity (Wildman–Crippen MR) is 68.1 cm³/mol. The lowest BCUT2D eigenvalue weighted by Crippen LogP contribution is -2.34. The largest absolute Gasteiger partial charge is 0.389 e. The van der Waals surface area contributed by atoms with E-state index in [1.54, 1.807) is 13.1 Å². The molecule has 0 unspecified atom stereocenters. The summed E-state index contributed by atoms with van der Waals surface area (Å²) in [7, 11) is 0. The molecule has 18 heavy (non-hydrogen) atoms. The van der Waals surface area contributed by atoms with Crippen LogP contribution in [0.5, 0.6) is 0 Å². The highest BCUT2D eigenvalue weighted by Crippen LogP contribution is 2.21. The Balaban J connectivity index is 1.86. The molecule has 1 atom stereocenters. The molecule has 3 rings (SSSR count). The molecule has 0 amide bonds. The standard InChI is InChI=1S/C13H16N4O/c1-10(18)11-2-3-14-12(8-11)17-7-6-16-5-4-15-13(16)9-17/h2-5,8,10,18H,6-7,9H2,1H3/t10-/m0/s1. The summed E-state index contributed by atoms with van der Waals surface area (Å²) in [4.78, 5) is 10.9. The Morgan fingerprint density at radius 2 is 2.17 bits per heavy atom. The van der Waals surface area contributed by atoms with Crippen LogP contribution in [0.4, 0.5) is 5.82 Å². The number of aliphatic hydroxyl groups excluding tert-OH is 1. The van der Waals surface area contributed by atoms with Gasteiger partial charge in [0.05, 0.1) is 12.6 Å². The quantitative estimate of drug-likeness (QED) is 0.866. The van der Waals surface area contributed by atoms with Crippen LogP contribution < -0.4 is 4.90 Å². The highest BCUT2D eigenvalue weighted by atomic mass is 16.3. The Kier molecular flexibility index (Phi) is 2.76. The fourth-order valence-corrected chi connectivity index (χ4v) is 2.24. The third-order valence-electron chi connectivity index (χ3n) is 3.32. The van der Waals surface area contributed by atoms with E-state index >= 15 is 0 Å². The van der Waals surface area contributed by atoms with Crippen molar-refractivity contribution in [2.24, 2.45) is 0 Å². The molecule has 0 saturated heterocycles. The molecule has 0 bridgehead atoms. The van der Waals surface area contributed by atoms with E-state index in [-0.39, 0.29) is 0 Å². The number of pyridine rings is 1. The minimum absolute atomic E-state index is 0.460. The first-order chi connectivity index (χ1) is 8.74. The van der Waals surface area contributed by atoms with Gasteiger partial charge in [-0.2, -0.15) is 0 Å². The Morgan fingerprint density at radius 3 is 3.00 bits per heavy atom. The molecule has 0 spiro atoms. The van der Waals surface area contributed by atoms with E-state index in [9.17, 15) is 5.11 Å².